The van der Waals surface area contributed by atoms with Crippen LogP contribution < -0.4 is 5.73 Å². The zero-order valence-electron chi connectivity index (χ0n) is 10.2. The molecule has 1 aliphatic rings. The third-order valence-electron chi connectivity index (χ3n) is 3.82. The largest absolute Gasteiger partial charge is 0.335 e. The molecule has 1 aromatic heterocycles. The van der Waals surface area contributed by atoms with Gasteiger partial charge in [0.2, 0.25) is 0 Å². The minimum Gasteiger partial charge on any atom is -0.335 e. The predicted molar refractivity (Wildman–Crippen MR) is 66.2 cm³/mol. The molecule has 0 saturated heterocycles. The van der Waals surface area contributed by atoms with Crippen LogP contribution in [0.2, 0.25) is 0 Å². The lowest BCUT2D eigenvalue weighted by Gasteiger charge is -2.27. The van der Waals surface area contributed by atoms with Crippen molar-refractivity contribution in [2.75, 3.05) is 0 Å². The Balaban J connectivity index is 1.93. The van der Waals surface area contributed by atoms with E-state index < -0.39 is 0 Å². The Morgan fingerprint density at radius 2 is 2.19 bits per heavy atom. The van der Waals surface area contributed by atoms with Gasteiger partial charge in [-0.05, 0) is 25.7 Å². The van der Waals surface area contributed by atoms with Crippen LogP contribution in [-0.4, -0.2) is 15.6 Å². The number of hydrogen-bond acceptors (Lipinski definition) is 2. The van der Waals surface area contributed by atoms with E-state index in [1.54, 1.807) is 0 Å². The van der Waals surface area contributed by atoms with E-state index in [0.29, 0.717) is 6.04 Å². The Hall–Kier alpha value is -0.830. The highest BCUT2D eigenvalue weighted by atomic mass is 15.1. The lowest BCUT2D eigenvalue weighted by atomic mass is 9.83. The predicted octanol–water partition coefficient (Wildman–Crippen LogP) is 2.35. The van der Waals surface area contributed by atoms with E-state index in [1.807, 2.05) is 12.4 Å². The molecular weight excluding hydrogens is 198 g/mol. The summed E-state index contributed by atoms with van der Waals surface area (Å²) in [6.07, 6.45) is 11.6. The number of hydrogen-bond donors (Lipinski definition) is 1. The molecule has 0 spiro atoms. The lowest BCUT2D eigenvalue weighted by molar-refractivity contribution is 0.299. The Bertz CT molecular complexity index is 313. The number of imidazole rings is 1. The summed E-state index contributed by atoms with van der Waals surface area (Å²) < 4.78 is 2.20. The average Bonchev–Trinajstić information content (AvgIpc) is 2.77. The van der Waals surface area contributed by atoms with E-state index in [-0.39, 0.29) is 0 Å². The second-order valence-corrected chi connectivity index (χ2v) is 4.90. The summed E-state index contributed by atoms with van der Waals surface area (Å²) >= 11 is 0. The Morgan fingerprint density at radius 1 is 1.44 bits per heavy atom. The van der Waals surface area contributed by atoms with Crippen molar-refractivity contribution in [1.29, 1.82) is 0 Å². The van der Waals surface area contributed by atoms with Gasteiger partial charge in [0.25, 0.3) is 0 Å². The van der Waals surface area contributed by atoms with Gasteiger partial charge in [0.15, 0.2) is 0 Å². The molecule has 1 unspecified atom stereocenters. The van der Waals surface area contributed by atoms with Crippen LogP contribution in [0.5, 0.6) is 0 Å². The first-order chi connectivity index (χ1) is 7.81. The molecule has 0 radical (unpaired) electrons. The van der Waals surface area contributed by atoms with Crippen molar-refractivity contribution in [3.63, 3.8) is 0 Å². The first kappa shape index (κ1) is 11.6. The van der Waals surface area contributed by atoms with Gasteiger partial charge in [0.1, 0.15) is 5.82 Å². The van der Waals surface area contributed by atoms with Gasteiger partial charge in [-0.3, -0.25) is 0 Å². The third kappa shape index (κ3) is 2.64. The molecule has 1 aromatic rings. The molecule has 0 aromatic carbocycles. The topological polar surface area (TPSA) is 43.8 Å². The van der Waals surface area contributed by atoms with Crippen LogP contribution >= 0.6 is 0 Å². The van der Waals surface area contributed by atoms with Crippen LogP contribution in [0, 0.1) is 5.92 Å². The van der Waals surface area contributed by atoms with Gasteiger partial charge in [-0.2, -0.15) is 0 Å². The van der Waals surface area contributed by atoms with E-state index in [4.69, 9.17) is 5.73 Å². The van der Waals surface area contributed by atoms with Gasteiger partial charge in [-0.1, -0.05) is 19.3 Å². The standard InChI is InChI=1S/C13H23N3/c1-2-16-9-8-15-13(16)10-12(14)11-6-4-3-5-7-11/h8-9,11-12H,2-7,10,14H2,1H3. The van der Waals surface area contributed by atoms with Crippen molar-refractivity contribution < 1.29 is 0 Å². The highest BCUT2D eigenvalue weighted by molar-refractivity contribution is 4.96. The normalized spacial score (nSPS) is 19.9. The molecule has 0 aliphatic heterocycles. The number of rotatable bonds is 4. The van der Waals surface area contributed by atoms with E-state index in [2.05, 4.69) is 16.5 Å². The van der Waals surface area contributed by atoms with E-state index in [0.717, 1.165) is 24.7 Å². The number of aryl methyl sites for hydroxylation is 1. The fourth-order valence-corrected chi connectivity index (χ4v) is 2.76. The molecular formula is C13H23N3. The van der Waals surface area contributed by atoms with Gasteiger partial charge >= 0.3 is 0 Å². The fraction of sp³-hybridized carbons (Fsp3) is 0.769. The summed E-state index contributed by atoms with van der Waals surface area (Å²) in [5.41, 5.74) is 6.31. The molecule has 90 valence electrons. The maximum Gasteiger partial charge on any atom is 0.110 e. The Labute approximate surface area is 98.1 Å². The van der Waals surface area contributed by atoms with Crippen LogP contribution in [0.4, 0.5) is 0 Å². The van der Waals surface area contributed by atoms with Gasteiger partial charge in [-0.25, -0.2) is 4.98 Å². The number of nitrogens with two attached hydrogens (primary N) is 1. The fourth-order valence-electron chi connectivity index (χ4n) is 2.76. The molecule has 1 atom stereocenters. The van der Waals surface area contributed by atoms with Gasteiger partial charge in [0, 0.05) is 31.4 Å². The molecule has 0 amide bonds. The first-order valence-corrected chi connectivity index (χ1v) is 6.57. The molecule has 0 bridgehead atoms. The molecule has 2 rings (SSSR count). The van der Waals surface area contributed by atoms with Gasteiger partial charge in [0.05, 0.1) is 0 Å². The Kier molecular flexibility index (Phi) is 3.99. The first-order valence-electron chi connectivity index (χ1n) is 6.57. The second-order valence-electron chi connectivity index (χ2n) is 4.90. The highest BCUT2D eigenvalue weighted by Gasteiger charge is 2.21. The van der Waals surface area contributed by atoms with Crippen molar-refractivity contribution in [2.45, 2.75) is 58.0 Å². The van der Waals surface area contributed by atoms with E-state index >= 15 is 0 Å². The quantitative estimate of drug-likeness (QED) is 0.848. The molecule has 1 fully saturated rings. The second kappa shape index (κ2) is 5.48. The molecule has 1 saturated carbocycles. The zero-order valence-corrected chi connectivity index (χ0v) is 10.2. The van der Waals surface area contributed by atoms with Gasteiger partial charge < -0.3 is 10.3 Å². The molecule has 1 aliphatic carbocycles. The minimum absolute atomic E-state index is 0.299. The Morgan fingerprint density at radius 3 is 2.88 bits per heavy atom. The van der Waals surface area contributed by atoms with E-state index in [9.17, 15) is 0 Å². The average molecular weight is 221 g/mol. The lowest BCUT2D eigenvalue weighted by Crippen LogP contribution is -2.34. The minimum atomic E-state index is 0.299. The molecule has 3 nitrogen and oxygen atoms in total. The monoisotopic (exact) mass is 221 g/mol. The van der Waals surface area contributed by atoms with Crippen molar-refractivity contribution in [2.24, 2.45) is 11.7 Å². The summed E-state index contributed by atoms with van der Waals surface area (Å²) in [6.45, 7) is 3.14. The van der Waals surface area contributed by atoms with Crippen LogP contribution in [-0.2, 0) is 13.0 Å². The van der Waals surface area contributed by atoms with Crippen molar-refractivity contribution in [1.82, 2.24) is 9.55 Å². The van der Waals surface area contributed by atoms with E-state index in [1.165, 1.54) is 32.1 Å². The van der Waals surface area contributed by atoms with Crippen LogP contribution in [0.25, 0.3) is 0 Å². The number of aromatic nitrogens is 2. The van der Waals surface area contributed by atoms with Crippen LogP contribution in [0.3, 0.4) is 0 Å². The summed E-state index contributed by atoms with van der Waals surface area (Å²) in [5.74, 6) is 1.87. The molecule has 2 N–H and O–H groups in total. The highest BCUT2D eigenvalue weighted by Crippen LogP contribution is 2.26. The maximum absolute atomic E-state index is 6.31. The molecule has 3 heteroatoms. The third-order valence-corrected chi connectivity index (χ3v) is 3.82. The smallest absolute Gasteiger partial charge is 0.110 e. The number of nitrogens with zero attached hydrogens (tertiary/aromatic N) is 2. The summed E-state index contributed by atoms with van der Waals surface area (Å²) in [4.78, 5) is 4.40. The van der Waals surface area contributed by atoms with Crippen LogP contribution in [0.1, 0.15) is 44.9 Å². The summed E-state index contributed by atoms with van der Waals surface area (Å²) in [5, 5.41) is 0. The SMILES string of the molecule is CCn1ccnc1CC(N)C1CCCCC1. The van der Waals surface area contributed by atoms with Gasteiger partial charge in [-0.15, -0.1) is 0 Å². The van der Waals surface area contributed by atoms with Crippen molar-refractivity contribution in [3.8, 4) is 0 Å². The van der Waals surface area contributed by atoms with Crippen molar-refractivity contribution in [3.05, 3.63) is 18.2 Å². The van der Waals surface area contributed by atoms with Crippen LogP contribution in [0.15, 0.2) is 12.4 Å². The molecule has 1 heterocycles. The summed E-state index contributed by atoms with van der Waals surface area (Å²) in [7, 11) is 0. The summed E-state index contributed by atoms with van der Waals surface area (Å²) in [6, 6.07) is 0.299. The van der Waals surface area contributed by atoms with Crippen molar-refractivity contribution >= 4 is 0 Å². The molecule has 16 heavy (non-hydrogen) atoms. The zero-order chi connectivity index (χ0) is 11.4. The maximum atomic E-state index is 6.31.